The van der Waals surface area contributed by atoms with Crippen molar-refractivity contribution in [2.24, 2.45) is 0 Å². The fourth-order valence-corrected chi connectivity index (χ4v) is 2.89. The van der Waals surface area contributed by atoms with Gasteiger partial charge >= 0.3 is 5.97 Å². The molecule has 0 bridgehead atoms. The molecular weight excluding hydrogens is 302 g/mol. The van der Waals surface area contributed by atoms with Crippen LogP contribution in [0.4, 0.5) is 0 Å². The molecule has 5 nitrogen and oxygen atoms in total. The van der Waals surface area contributed by atoms with Crippen LogP contribution in [0.3, 0.4) is 0 Å². The summed E-state index contributed by atoms with van der Waals surface area (Å²) >= 11 is 0.882. The van der Waals surface area contributed by atoms with Gasteiger partial charge in [0.15, 0.2) is 11.6 Å². The van der Waals surface area contributed by atoms with E-state index in [9.17, 15) is 9.59 Å². The summed E-state index contributed by atoms with van der Waals surface area (Å²) in [4.78, 5) is 27.2. The first-order chi connectivity index (χ1) is 10.3. The van der Waals surface area contributed by atoms with E-state index in [2.05, 4.69) is 4.98 Å². The number of nitrogens with zero attached hydrogens (tertiary/aromatic N) is 1. The third kappa shape index (κ3) is 3.17. The van der Waals surface area contributed by atoms with Gasteiger partial charge in [0.25, 0.3) is 0 Å². The zero-order valence-corrected chi connectivity index (χ0v) is 13.7. The number of carboxylic acid groups (broad SMARTS) is 1. The minimum atomic E-state index is -1.07. The average Bonchev–Trinajstić information content (AvgIpc) is 2.85. The molecule has 6 heteroatoms. The lowest BCUT2D eigenvalue weighted by Crippen LogP contribution is -2.12. The van der Waals surface area contributed by atoms with Crippen LogP contribution in [0.2, 0.25) is 0 Å². The number of aryl methyl sites for hydroxylation is 3. The molecule has 0 aliphatic heterocycles. The molecule has 0 spiro atoms. The molecule has 0 aliphatic carbocycles. The second-order valence-electron chi connectivity index (χ2n) is 5.10. The quantitative estimate of drug-likeness (QED) is 0.855. The molecule has 2 rings (SSSR count). The molecule has 0 amide bonds. The van der Waals surface area contributed by atoms with E-state index in [0.717, 1.165) is 28.0 Å². The Labute approximate surface area is 132 Å². The van der Waals surface area contributed by atoms with Gasteiger partial charge in [-0.05, 0) is 44.4 Å². The summed E-state index contributed by atoms with van der Waals surface area (Å²) in [6.45, 7) is 7.26. The van der Waals surface area contributed by atoms with Crippen molar-refractivity contribution in [3.8, 4) is 5.75 Å². The van der Waals surface area contributed by atoms with Gasteiger partial charge < -0.3 is 9.84 Å². The number of ether oxygens (including phenoxy) is 1. The second-order valence-corrected chi connectivity index (χ2v) is 6.10. The van der Waals surface area contributed by atoms with Gasteiger partial charge in [-0.2, -0.15) is 0 Å². The van der Waals surface area contributed by atoms with Crippen molar-refractivity contribution in [2.45, 2.75) is 27.7 Å². The summed E-state index contributed by atoms with van der Waals surface area (Å²) < 4.78 is 5.64. The Morgan fingerprint density at radius 3 is 2.41 bits per heavy atom. The van der Waals surface area contributed by atoms with Gasteiger partial charge in [-0.25, -0.2) is 9.78 Å². The number of ketones is 1. The van der Waals surface area contributed by atoms with E-state index in [1.165, 1.54) is 0 Å². The van der Waals surface area contributed by atoms with Crippen LogP contribution in [0.5, 0.6) is 5.75 Å². The minimum Gasteiger partial charge on any atom is -0.485 e. The number of rotatable bonds is 5. The number of benzene rings is 1. The van der Waals surface area contributed by atoms with Gasteiger partial charge in [-0.15, -0.1) is 11.3 Å². The van der Waals surface area contributed by atoms with E-state index in [4.69, 9.17) is 9.84 Å². The lowest BCUT2D eigenvalue weighted by molar-refractivity contribution is 0.0701. The monoisotopic (exact) mass is 319 g/mol. The van der Waals surface area contributed by atoms with Crippen LogP contribution in [-0.4, -0.2) is 28.4 Å². The molecule has 1 aromatic carbocycles. The van der Waals surface area contributed by atoms with Crippen molar-refractivity contribution in [2.75, 3.05) is 6.61 Å². The van der Waals surface area contributed by atoms with Crippen molar-refractivity contribution >= 4 is 23.1 Å². The molecule has 0 radical (unpaired) electrons. The van der Waals surface area contributed by atoms with Crippen LogP contribution >= 0.6 is 11.3 Å². The zero-order chi connectivity index (χ0) is 16.4. The van der Waals surface area contributed by atoms with E-state index in [-0.39, 0.29) is 22.3 Å². The van der Waals surface area contributed by atoms with Crippen molar-refractivity contribution in [3.05, 3.63) is 44.4 Å². The standard InChI is InChI=1S/C16H17NO4S/c1-8-5-6-9(2)13(10(8)3)21-7-12(18)15-17-11(4)14(22-15)16(19)20/h5-6H,7H2,1-4H3,(H,19,20). The SMILES string of the molecule is Cc1ccc(C)c(OCC(=O)c2nc(C)c(C(=O)O)s2)c1C. The predicted molar refractivity (Wildman–Crippen MR) is 84.3 cm³/mol. The van der Waals surface area contributed by atoms with Crippen molar-refractivity contribution in [3.63, 3.8) is 0 Å². The maximum Gasteiger partial charge on any atom is 0.347 e. The highest BCUT2D eigenvalue weighted by Crippen LogP contribution is 2.26. The van der Waals surface area contributed by atoms with Crippen LogP contribution in [0.1, 0.15) is 41.9 Å². The van der Waals surface area contributed by atoms with Crippen molar-refractivity contribution < 1.29 is 19.4 Å². The van der Waals surface area contributed by atoms with Crippen molar-refractivity contribution in [1.82, 2.24) is 4.98 Å². The van der Waals surface area contributed by atoms with Gasteiger partial charge in [0, 0.05) is 0 Å². The summed E-state index contributed by atoms with van der Waals surface area (Å²) in [6.07, 6.45) is 0. The first-order valence-electron chi connectivity index (χ1n) is 6.74. The Balaban J connectivity index is 2.16. The van der Waals surface area contributed by atoms with Gasteiger partial charge in [0.05, 0.1) is 5.69 Å². The summed E-state index contributed by atoms with van der Waals surface area (Å²) in [5, 5.41) is 9.16. The molecule has 1 N–H and O–H groups in total. The zero-order valence-electron chi connectivity index (χ0n) is 12.9. The number of aromatic carboxylic acids is 1. The van der Waals surface area contributed by atoms with E-state index in [1.54, 1.807) is 6.92 Å². The third-order valence-electron chi connectivity index (χ3n) is 3.45. The molecule has 2 aromatic rings. The predicted octanol–water partition coefficient (Wildman–Crippen LogP) is 3.34. The van der Waals surface area contributed by atoms with Crippen LogP contribution in [-0.2, 0) is 0 Å². The van der Waals surface area contributed by atoms with Gasteiger partial charge in [-0.3, -0.25) is 4.79 Å². The Kier molecular flexibility index (Phi) is 4.61. The van der Waals surface area contributed by atoms with Gasteiger partial charge in [0.2, 0.25) is 5.78 Å². The molecule has 116 valence electrons. The Hall–Kier alpha value is -2.21. The highest BCUT2D eigenvalue weighted by molar-refractivity contribution is 7.15. The Morgan fingerprint density at radius 1 is 1.18 bits per heavy atom. The summed E-state index contributed by atoms with van der Waals surface area (Å²) in [7, 11) is 0. The van der Waals surface area contributed by atoms with Crippen LogP contribution in [0, 0.1) is 27.7 Å². The highest BCUT2D eigenvalue weighted by Gasteiger charge is 2.19. The molecule has 1 aromatic heterocycles. The number of carbonyl (C=O) groups excluding carboxylic acids is 1. The molecule has 0 saturated carbocycles. The molecule has 0 saturated heterocycles. The largest absolute Gasteiger partial charge is 0.485 e. The van der Waals surface area contributed by atoms with Crippen LogP contribution in [0.25, 0.3) is 0 Å². The van der Waals surface area contributed by atoms with E-state index >= 15 is 0 Å². The first kappa shape index (κ1) is 16.2. The number of carboxylic acids is 1. The third-order valence-corrected chi connectivity index (χ3v) is 4.64. The average molecular weight is 319 g/mol. The maximum atomic E-state index is 12.1. The number of hydrogen-bond donors (Lipinski definition) is 1. The number of hydrogen-bond acceptors (Lipinski definition) is 5. The number of Topliss-reactive ketones (excluding diaryl/α,β-unsaturated/α-hetero) is 1. The van der Waals surface area contributed by atoms with E-state index in [0.29, 0.717) is 11.4 Å². The number of thiazole rings is 1. The first-order valence-corrected chi connectivity index (χ1v) is 7.56. The molecular formula is C16H17NO4S. The summed E-state index contributed by atoms with van der Waals surface area (Å²) in [6, 6.07) is 3.95. The lowest BCUT2D eigenvalue weighted by Gasteiger charge is -2.12. The maximum absolute atomic E-state index is 12.1. The highest BCUT2D eigenvalue weighted by atomic mass is 32.1. The van der Waals surface area contributed by atoms with Crippen LogP contribution in [0.15, 0.2) is 12.1 Å². The number of carbonyl (C=O) groups is 2. The fraction of sp³-hybridized carbons (Fsp3) is 0.312. The van der Waals surface area contributed by atoms with Gasteiger partial charge in [0.1, 0.15) is 10.6 Å². The summed E-state index contributed by atoms with van der Waals surface area (Å²) in [5.74, 6) is -0.693. The summed E-state index contributed by atoms with van der Waals surface area (Å²) in [5.41, 5.74) is 3.39. The van der Waals surface area contributed by atoms with E-state index in [1.807, 2.05) is 32.9 Å². The number of aromatic nitrogens is 1. The van der Waals surface area contributed by atoms with Crippen molar-refractivity contribution in [1.29, 1.82) is 0 Å². The molecule has 0 fully saturated rings. The molecule has 0 unspecified atom stereocenters. The minimum absolute atomic E-state index is 0.0891. The molecule has 1 heterocycles. The van der Waals surface area contributed by atoms with Gasteiger partial charge in [-0.1, -0.05) is 12.1 Å². The molecule has 22 heavy (non-hydrogen) atoms. The topological polar surface area (TPSA) is 76.5 Å². The smallest absolute Gasteiger partial charge is 0.347 e. The second kappa shape index (κ2) is 6.27. The van der Waals surface area contributed by atoms with Crippen LogP contribution < -0.4 is 4.74 Å². The Bertz CT molecular complexity index is 749. The lowest BCUT2D eigenvalue weighted by atomic mass is 10.1. The fourth-order valence-electron chi connectivity index (χ4n) is 2.06. The molecule has 0 aliphatic rings. The normalized spacial score (nSPS) is 10.5. The molecule has 0 atom stereocenters. The Morgan fingerprint density at radius 2 is 1.82 bits per heavy atom. The van der Waals surface area contributed by atoms with E-state index < -0.39 is 5.97 Å².